The number of hydrogen-bond donors (Lipinski definition) is 1. The van der Waals surface area contributed by atoms with Crippen molar-refractivity contribution in [2.45, 2.75) is 32.4 Å². The Hall–Kier alpha value is -3.80. The lowest BCUT2D eigenvalue weighted by Crippen LogP contribution is -2.49. The first-order chi connectivity index (χ1) is 16.0. The number of carbonyl (C=O) groups excluding carboxylic acids is 2. The number of methoxy groups -OCH3 is 1. The van der Waals surface area contributed by atoms with Gasteiger partial charge in [-0.25, -0.2) is 4.79 Å². The number of ether oxygens (including phenoxy) is 1. The molecule has 0 spiro atoms. The Morgan fingerprint density at radius 1 is 1.03 bits per heavy atom. The van der Waals surface area contributed by atoms with Gasteiger partial charge in [0.1, 0.15) is 5.75 Å². The number of hydrogen-bond acceptors (Lipinski definition) is 3. The van der Waals surface area contributed by atoms with Gasteiger partial charge in [0.05, 0.1) is 13.2 Å². The summed E-state index contributed by atoms with van der Waals surface area (Å²) in [5, 5.41) is 2.95. The number of fused-ring (bicyclic) bond motifs is 1. The van der Waals surface area contributed by atoms with Crippen molar-refractivity contribution >= 4 is 23.3 Å². The molecule has 0 fully saturated rings. The first-order valence-electron chi connectivity index (χ1n) is 11.2. The Bertz CT molecular complexity index is 1130. The van der Waals surface area contributed by atoms with Crippen LogP contribution in [-0.2, 0) is 0 Å². The lowest BCUT2D eigenvalue weighted by atomic mass is 9.89. The number of benzene rings is 3. The van der Waals surface area contributed by atoms with Crippen molar-refractivity contribution in [3.05, 3.63) is 90.0 Å². The molecule has 0 saturated heterocycles. The molecule has 0 unspecified atom stereocenters. The number of urea groups is 1. The van der Waals surface area contributed by atoms with Crippen LogP contribution in [0.15, 0.2) is 78.9 Å². The molecule has 3 aromatic rings. The summed E-state index contributed by atoms with van der Waals surface area (Å²) in [5.41, 5.74) is 3.15. The van der Waals surface area contributed by atoms with E-state index < -0.39 is 0 Å². The van der Waals surface area contributed by atoms with Crippen molar-refractivity contribution < 1.29 is 14.3 Å². The van der Waals surface area contributed by atoms with Crippen LogP contribution in [0.1, 0.15) is 42.2 Å². The van der Waals surface area contributed by atoms with Gasteiger partial charge in [-0.15, -0.1) is 0 Å². The normalized spacial score (nSPS) is 17.1. The van der Waals surface area contributed by atoms with E-state index in [9.17, 15) is 9.59 Å². The topological polar surface area (TPSA) is 61.9 Å². The van der Waals surface area contributed by atoms with Crippen molar-refractivity contribution in [1.82, 2.24) is 5.32 Å². The van der Waals surface area contributed by atoms with Gasteiger partial charge in [-0.2, -0.15) is 0 Å². The number of para-hydroxylation sites is 2. The van der Waals surface area contributed by atoms with Gasteiger partial charge in [0.15, 0.2) is 0 Å². The van der Waals surface area contributed by atoms with E-state index in [-0.39, 0.29) is 24.0 Å². The zero-order valence-electron chi connectivity index (χ0n) is 19.2. The molecule has 0 radical (unpaired) electrons. The molecule has 2 atom stereocenters. The maximum absolute atomic E-state index is 13.6. The van der Waals surface area contributed by atoms with Crippen LogP contribution < -0.4 is 19.9 Å². The Kier molecular flexibility index (Phi) is 6.63. The predicted octanol–water partition coefficient (Wildman–Crippen LogP) is 5.41. The van der Waals surface area contributed by atoms with Gasteiger partial charge < -0.3 is 15.0 Å². The van der Waals surface area contributed by atoms with E-state index in [1.165, 1.54) is 0 Å². The summed E-state index contributed by atoms with van der Waals surface area (Å²) in [7, 11) is 1.59. The molecule has 1 N–H and O–H groups in total. The van der Waals surface area contributed by atoms with Gasteiger partial charge in [-0.05, 0) is 62.2 Å². The fourth-order valence-corrected chi connectivity index (χ4v) is 4.49. The van der Waals surface area contributed by atoms with E-state index >= 15 is 0 Å². The molecule has 170 valence electrons. The van der Waals surface area contributed by atoms with Crippen LogP contribution >= 0.6 is 0 Å². The van der Waals surface area contributed by atoms with Crippen molar-refractivity contribution in [2.75, 3.05) is 23.5 Å². The maximum Gasteiger partial charge on any atom is 0.322 e. The van der Waals surface area contributed by atoms with Crippen LogP contribution in [0.3, 0.4) is 0 Å². The van der Waals surface area contributed by atoms with Crippen LogP contribution in [0, 0.1) is 0 Å². The summed E-state index contributed by atoms with van der Waals surface area (Å²) in [6.07, 6.45) is 0.610. The largest absolute Gasteiger partial charge is 0.497 e. The summed E-state index contributed by atoms with van der Waals surface area (Å²) in [5.74, 6) is 0.555. The van der Waals surface area contributed by atoms with Gasteiger partial charge in [-0.1, -0.05) is 42.5 Å². The summed E-state index contributed by atoms with van der Waals surface area (Å²) < 4.78 is 5.31. The number of anilines is 2. The first-order valence-corrected chi connectivity index (χ1v) is 11.2. The zero-order chi connectivity index (χ0) is 23.4. The third-order valence-electron chi connectivity index (χ3n) is 5.99. The van der Waals surface area contributed by atoms with Crippen molar-refractivity contribution in [2.24, 2.45) is 0 Å². The average Bonchev–Trinajstić information content (AvgIpc) is 2.85. The molecule has 0 bridgehead atoms. The quantitative estimate of drug-likeness (QED) is 0.573. The van der Waals surface area contributed by atoms with Gasteiger partial charge in [-0.3, -0.25) is 9.69 Å². The van der Waals surface area contributed by atoms with Gasteiger partial charge >= 0.3 is 6.03 Å². The molecule has 0 aliphatic carbocycles. The lowest BCUT2D eigenvalue weighted by Gasteiger charge is -2.43. The number of amides is 3. The van der Waals surface area contributed by atoms with E-state index in [1.54, 1.807) is 19.2 Å². The van der Waals surface area contributed by atoms with Crippen molar-refractivity contribution in [1.29, 1.82) is 0 Å². The molecule has 1 aliphatic rings. The highest BCUT2D eigenvalue weighted by atomic mass is 16.5. The van der Waals surface area contributed by atoms with Gasteiger partial charge in [0.2, 0.25) is 0 Å². The molecule has 3 amide bonds. The van der Waals surface area contributed by atoms with Crippen LogP contribution in [0.2, 0.25) is 0 Å². The Morgan fingerprint density at radius 3 is 2.48 bits per heavy atom. The van der Waals surface area contributed by atoms with Crippen LogP contribution in [0.25, 0.3) is 0 Å². The maximum atomic E-state index is 13.6. The van der Waals surface area contributed by atoms with E-state index in [1.807, 2.05) is 90.4 Å². The minimum absolute atomic E-state index is 0.0865. The van der Waals surface area contributed by atoms with E-state index in [2.05, 4.69) is 5.32 Å². The Morgan fingerprint density at radius 2 is 1.76 bits per heavy atom. The SMILES string of the molecule is CCNC(=O)N(c1ccccc1)[C@H]1C[C@@H](C)N(C(=O)c2cccc(OC)c2)c2ccccc21. The van der Waals surface area contributed by atoms with E-state index in [0.29, 0.717) is 24.3 Å². The Labute approximate surface area is 194 Å². The third kappa shape index (κ3) is 4.42. The number of rotatable bonds is 5. The molecule has 6 heteroatoms. The molecule has 3 aromatic carbocycles. The number of nitrogens with zero attached hydrogens (tertiary/aromatic N) is 2. The summed E-state index contributed by atoms with van der Waals surface area (Å²) in [6, 6.07) is 24.2. The van der Waals surface area contributed by atoms with Gasteiger partial charge in [0.25, 0.3) is 5.91 Å². The second-order valence-electron chi connectivity index (χ2n) is 8.11. The molecular weight excluding hydrogens is 414 g/mol. The molecule has 33 heavy (non-hydrogen) atoms. The molecule has 1 aliphatic heterocycles. The lowest BCUT2D eigenvalue weighted by molar-refractivity contribution is 0.0973. The fraction of sp³-hybridized carbons (Fsp3) is 0.259. The predicted molar refractivity (Wildman–Crippen MR) is 131 cm³/mol. The highest BCUT2D eigenvalue weighted by Gasteiger charge is 2.38. The highest BCUT2D eigenvalue weighted by molar-refractivity contribution is 6.07. The number of nitrogens with one attached hydrogen (secondary N) is 1. The average molecular weight is 444 g/mol. The van der Waals surface area contributed by atoms with Gasteiger partial charge in [0, 0.05) is 29.5 Å². The monoisotopic (exact) mass is 443 g/mol. The molecular formula is C27H29N3O3. The van der Waals surface area contributed by atoms with E-state index in [4.69, 9.17) is 4.74 Å². The smallest absolute Gasteiger partial charge is 0.322 e. The molecule has 6 nitrogen and oxygen atoms in total. The van der Waals surface area contributed by atoms with E-state index in [0.717, 1.165) is 16.9 Å². The van der Waals surface area contributed by atoms with Crippen LogP contribution in [0.5, 0.6) is 5.75 Å². The minimum Gasteiger partial charge on any atom is -0.497 e. The molecule has 1 heterocycles. The molecule has 4 rings (SSSR count). The molecule has 0 saturated carbocycles. The second-order valence-corrected chi connectivity index (χ2v) is 8.11. The third-order valence-corrected chi connectivity index (χ3v) is 5.99. The zero-order valence-corrected chi connectivity index (χ0v) is 19.2. The summed E-state index contributed by atoms with van der Waals surface area (Å²) in [6.45, 7) is 4.47. The highest BCUT2D eigenvalue weighted by Crippen LogP contribution is 2.42. The molecule has 0 aromatic heterocycles. The van der Waals surface area contributed by atoms with Crippen molar-refractivity contribution in [3.8, 4) is 5.75 Å². The van der Waals surface area contributed by atoms with Crippen molar-refractivity contribution in [3.63, 3.8) is 0 Å². The second kappa shape index (κ2) is 9.77. The fourth-order valence-electron chi connectivity index (χ4n) is 4.49. The minimum atomic E-state index is -0.209. The van der Waals surface area contributed by atoms with Crippen LogP contribution in [-0.4, -0.2) is 31.6 Å². The summed E-state index contributed by atoms with van der Waals surface area (Å²) in [4.78, 5) is 30.4. The number of carbonyl (C=O) groups is 2. The first kappa shape index (κ1) is 22.4. The summed E-state index contributed by atoms with van der Waals surface area (Å²) >= 11 is 0. The standard InChI is InChI=1S/C27H29N3O3/c1-4-28-27(32)30(21-12-6-5-7-13-21)25-17-19(2)29(24-16-9-8-15-23(24)25)26(31)20-11-10-14-22(18-20)33-3/h5-16,18-19,25H,4,17H2,1-3H3,(H,28,32)/t19-,25+/m1/s1. The van der Waals surface area contributed by atoms with Crippen LogP contribution in [0.4, 0.5) is 16.2 Å². The Balaban J connectivity index is 1.77.